The second-order valence-corrected chi connectivity index (χ2v) is 14.4. The molecule has 10 nitrogen and oxygen atoms in total. The number of rotatable bonds is 9. The molecule has 6 atom stereocenters. The van der Waals surface area contributed by atoms with Gasteiger partial charge < -0.3 is 26.6 Å². The van der Waals surface area contributed by atoms with Gasteiger partial charge in [-0.1, -0.05) is 68.2 Å². The fraction of sp³-hybridized carbons (Fsp3) is 0.821. The van der Waals surface area contributed by atoms with Crippen molar-refractivity contribution in [1.29, 1.82) is 0 Å². The minimum atomic E-state index is -1.08. The number of nitrogens with one attached hydrogen (secondary N) is 3. The summed E-state index contributed by atoms with van der Waals surface area (Å²) in [5.74, 6) is -2.34. The number of carbonyl (C=O) groups excluding carboxylic acids is 5. The van der Waals surface area contributed by atoms with Crippen LogP contribution >= 0.6 is 0 Å². The van der Waals surface area contributed by atoms with E-state index in [2.05, 4.69) is 29.8 Å². The summed E-state index contributed by atoms with van der Waals surface area (Å²) in [6.45, 7) is 18.1. The highest BCUT2D eigenvalue weighted by atomic mass is 16.2. The average molecular weight is 534 g/mol. The van der Waals surface area contributed by atoms with Crippen molar-refractivity contribution in [1.82, 2.24) is 20.9 Å². The number of ketones is 1. The van der Waals surface area contributed by atoms with E-state index in [0.717, 1.165) is 12.8 Å². The molecule has 2 unspecified atom stereocenters. The van der Waals surface area contributed by atoms with E-state index >= 15 is 0 Å². The number of hydrogen-bond donors (Lipinski definition) is 4. The molecule has 0 aromatic carbocycles. The number of fused-ring (bicyclic) bond motifs is 1. The van der Waals surface area contributed by atoms with Crippen LogP contribution in [0.25, 0.3) is 0 Å². The SMILES string of the molecule is C[C@@H](NC(=O)N[C@H](C(=O)N1C[C@H]2C([C@H]1C(=O)NC(CC1CC1)C(=O)C(N)=O)C2(C)C)C(C)(C)C)C(C)(C)C. The summed E-state index contributed by atoms with van der Waals surface area (Å²) in [5, 5.41) is 8.56. The summed E-state index contributed by atoms with van der Waals surface area (Å²) in [7, 11) is 0. The Morgan fingerprint density at radius 2 is 1.53 bits per heavy atom. The second-order valence-electron chi connectivity index (χ2n) is 14.4. The molecule has 3 fully saturated rings. The van der Waals surface area contributed by atoms with E-state index in [4.69, 9.17) is 5.73 Å². The van der Waals surface area contributed by atoms with Crippen LogP contribution in [0.5, 0.6) is 0 Å². The van der Waals surface area contributed by atoms with Crippen molar-refractivity contribution in [2.45, 2.75) is 106 Å². The predicted molar refractivity (Wildman–Crippen MR) is 144 cm³/mol. The van der Waals surface area contributed by atoms with E-state index in [1.165, 1.54) is 0 Å². The van der Waals surface area contributed by atoms with Crippen LogP contribution in [-0.4, -0.2) is 65.1 Å². The Morgan fingerprint density at radius 3 is 2.00 bits per heavy atom. The van der Waals surface area contributed by atoms with Gasteiger partial charge in [0.15, 0.2) is 0 Å². The van der Waals surface area contributed by atoms with Gasteiger partial charge in [0.25, 0.3) is 5.91 Å². The molecule has 3 rings (SSSR count). The maximum atomic E-state index is 14.0. The molecule has 214 valence electrons. The molecule has 2 saturated carbocycles. The van der Waals surface area contributed by atoms with E-state index < -0.39 is 47.2 Å². The first-order chi connectivity index (χ1) is 17.3. The second kappa shape index (κ2) is 10.2. The molecule has 0 aromatic rings. The molecule has 1 saturated heterocycles. The first kappa shape index (κ1) is 29.9. The Kier molecular flexibility index (Phi) is 7.99. The van der Waals surface area contributed by atoms with Gasteiger partial charge in [-0.15, -0.1) is 0 Å². The molecule has 10 heteroatoms. The Bertz CT molecular complexity index is 991. The van der Waals surface area contributed by atoms with Gasteiger partial charge in [-0.2, -0.15) is 0 Å². The Morgan fingerprint density at radius 1 is 0.947 bits per heavy atom. The molecule has 38 heavy (non-hydrogen) atoms. The molecule has 2 aliphatic carbocycles. The standard InChI is InChI=1S/C28H47N5O5/c1-14(26(2,3)4)30-25(38)32-21(27(5,6)7)24(37)33-13-16-18(28(16,8)9)19(33)23(36)31-17(12-15-10-11-15)20(34)22(29)35/h14-19,21H,10-13H2,1-9H3,(H2,29,35)(H,31,36)(H2,30,32,38)/t14-,16+,17?,18?,19+,21-/m1/s1. The molecule has 5 amide bonds. The molecular formula is C28H47N5O5. The van der Waals surface area contributed by atoms with Crippen LogP contribution in [0.1, 0.15) is 81.6 Å². The average Bonchev–Trinajstić information content (AvgIpc) is 3.61. The number of amides is 5. The highest BCUT2D eigenvalue weighted by Crippen LogP contribution is 2.65. The van der Waals surface area contributed by atoms with E-state index in [9.17, 15) is 24.0 Å². The van der Waals surface area contributed by atoms with E-state index in [1.807, 2.05) is 48.5 Å². The highest BCUT2D eigenvalue weighted by molar-refractivity contribution is 6.37. The monoisotopic (exact) mass is 533 g/mol. The van der Waals surface area contributed by atoms with Gasteiger partial charge in [0.1, 0.15) is 12.1 Å². The van der Waals surface area contributed by atoms with Crippen LogP contribution in [-0.2, 0) is 19.2 Å². The lowest BCUT2D eigenvalue weighted by Gasteiger charge is -2.38. The van der Waals surface area contributed by atoms with Crippen molar-refractivity contribution >= 4 is 29.5 Å². The minimum absolute atomic E-state index is 0.0768. The fourth-order valence-corrected chi connectivity index (χ4v) is 5.56. The third kappa shape index (κ3) is 6.31. The molecule has 0 spiro atoms. The van der Waals surface area contributed by atoms with Crippen molar-refractivity contribution in [2.75, 3.05) is 6.54 Å². The maximum absolute atomic E-state index is 14.0. The summed E-state index contributed by atoms with van der Waals surface area (Å²) >= 11 is 0. The number of hydrogen-bond acceptors (Lipinski definition) is 5. The summed E-state index contributed by atoms with van der Waals surface area (Å²) in [6, 6.07) is -3.24. The Labute approximate surface area is 226 Å². The van der Waals surface area contributed by atoms with Crippen LogP contribution in [0.4, 0.5) is 4.79 Å². The molecule has 1 heterocycles. The van der Waals surface area contributed by atoms with Gasteiger partial charge >= 0.3 is 6.03 Å². The van der Waals surface area contributed by atoms with Gasteiger partial charge in [0, 0.05) is 12.6 Å². The van der Waals surface area contributed by atoms with Gasteiger partial charge in [-0.3, -0.25) is 19.2 Å². The molecule has 3 aliphatic rings. The third-order valence-electron chi connectivity index (χ3n) is 8.94. The van der Waals surface area contributed by atoms with Crippen molar-refractivity contribution < 1.29 is 24.0 Å². The lowest BCUT2D eigenvalue weighted by atomic mass is 9.85. The maximum Gasteiger partial charge on any atom is 0.315 e. The highest BCUT2D eigenvalue weighted by Gasteiger charge is 2.70. The number of primary amides is 1. The summed E-state index contributed by atoms with van der Waals surface area (Å²) in [5.41, 5.74) is 4.34. The number of nitrogens with zero attached hydrogens (tertiary/aromatic N) is 1. The van der Waals surface area contributed by atoms with Gasteiger partial charge in [0.2, 0.25) is 17.6 Å². The predicted octanol–water partition coefficient (Wildman–Crippen LogP) is 1.96. The molecule has 0 radical (unpaired) electrons. The van der Waals surface area contributed by atoms with Crippen LogP contribution in [0.3, 0.4) is 0 Å². The molecular weight excluding hydrogens is 486 g/mol. The topological polar surface area (TPSA) is 151 Å². The van der Waals surface area contributed by atoms with Crippen molar-refractivity contribution in [3.63, 3.8) is 0 Å². The third-order valence-corrected chi connectivity index (χ3v) is 8.94. The van der Waals surface area contributed by atoms with E-state index in [1.54, 1.807) is 4.90 Å². The van der Waals surface area contributed by atoms with Crippen LogP contribution < -0.4 is 21.7 Å². The van der Waals surface area contributed by atoms with Crippen LogP contribution in [0, 0.1) is 34.0 Å². The first-order valence-corrected chi connectivity index (χ1v) is 13.8. The molecule has 5 N–H and O–H groups in total. The minimum Gasteiger partial charge on any atom is -0.363 e. The Balaban J connectivity index is 1.81. The van der Waals surface area contributed by atoms with Gasteiger partial charge in [-0.05, 0) is 47.3 Å². The van der Waals surface area contributed by atoms with Gasteiger partial charge in [0.05, 0.1) is 6.04 Å². The van der Waals surface area contributed by atoms with Gasteiger partial charge in [-0.25, -0.2) is 4.79 Å². The largest absolute Gasteiger partial charge is 0.363 e. The summed E-state index contributed by atoms with van der Waals surface area (Å²) in [6.07, 6.45) is 2.25. The summed E-state index contributed by atoms with van der Waals surface area (Å²) in [4.78, 5) is 66.2. The molecule has 0 bridgehead atoms. The zero-order chi connectivity index (χ0) is 29.0. The summed E-state index contributed by atoms with van der Waals surface area (Å²) < 4.78 is 0. The molecule has 0 aromatic heterocycles. The quantitative estimate of drug-likeness (QED) is 0.334. The van der Waals surface area contributed by atoms with E-state index in [0.29, 0.717) is 13.0 Å². The zero-order valence-corrected chi connectivity index (χ0v) is 24.4. The number of carbonyl (C=O) groups is 5. The number of Topliss-reactive ketones (excluding diaryl/α,β-unsaturated/α-hetero) is 1. The van der Waals surface area contributed by atoms with Crippen molar-refractivity contribution in [2.24, 2.45) is 39.7 Å². The van der Waals surface area contributed by atoms with Crippen LogP contribution in [0.2, 0.25) is 0 Å². The lowest BCUT2D eigenvalue weighted by molar-refractivity contribution is -0.145. The smallest absolute Gasteiger partial charge is 0.315 e. The number of nitrogens with two attached hydrogens (primary N) is 1. The lowest BCUT2D eigenvalue weighted by Crippen LogP contribution is -2.62. The Hall–Kier alpha value is -2.65. The fourth-order valence-electron chi connectivity index (χ4n) is 5.56. The number of likely N-dealkylation sites (tertiary alicyclic amines) is 1. The van der Waals surface area contributed by atoms with E-state index in [-0.39, 0.29) is 40.5 Å². The van der Waals surface area contributed by atoms with Crippen molar-refractivity contribution in [3.05, 3.63) is 0 Å². The first-order valence-electron chi connectivity index (χ1n) is 13.8. The van der Waals surface area contributed by atoms with Crippen molar-refractivity contribution in [3.8, 4) is 0 Å². The molecule has 1 aliphatic heterocycles. The normalized spacial score (nSPS) is 26.4. The number of urea groups is 1. The van der Waals surface area contributed by atoms with Crippen LogP contribution in [0.15, 0.2) is 0 Å². The number of piperidine rings is 1. The zero-order valence-electron chi connectivity index (χ0n) is 24.4.